The van der Waals surface area contributed by atoms with E-state index in [-0.39, 0.29) is 18.4 Å². The van der Waals surface area contributed by atoms with Crippen molar-refractivity contribution < 1.29 is 24.5 Å². The second kappa shape index (κ2) is 6.11. The van der Waals surface area contributed by atoms with Gasteiger partial charge in [0.05, 0.1) is 26.2 Å². The fourth-order valence-electron chi connectivity index (χ4n) is 2.46. The molecule has 110 valence electrons. The summed E-state index contributed by atoms with van der Waals surface area (Å²) in [5.74, 6) is -0.886. The van der Waals surface area contributed by atoms with Gasteiger partial charge in [-0.1, -0.05) is 12.1 Å². The highest BCUT2D eigenvalue weighted by molar-refractivity contribution is 5.71. The number of phenolic OH excluding ortho intramolecular Hbond substituents is 1. The van der Waals surface area contributed by atoms with Crippen molar-refractivity contribution in [1.29, 1.82) is 0 Å². The minimum Gasteiger partial charge on any atom is -0.504 e. The molecule has 0 radical (unpaired) electrons. The van der Waals surface area contributed by atoms with Crippen LogP contribution in [0.3, 0.4) is 0 Å². The SMILES string of the molecule is COc1cccc(CN(C)C2COCC2C(=O)O)c1O. The number of benzene rings is 1. The molecule has 0 spiro atoms. The molecule has 6 nitrogen and oxygen atoms in total. The summed E-state index contributed by atoms with van der Waals surface area (Å²) in [6.45, 7) is 1.05. The fraction of sp³-hybridized carbons (Fsp3) is 0.500. The zero-order valence-corrected chi connectivity index (χ0v) is 11.6. The third-order valence-electron chi connectivity index (χ3n) is 3.66. The third kappa shape index (κ3) is 2.86. The van der Waals surface area contributed by atoms with Crippen molar-refractivity contribution in [3.05, 3.63) is 23.8 Å². The Morgan fingerprint density at radius 2 is 2.25 bits per heavy atom. The van der Waals surface area contributed by atoms with Crippen LogP contribution in [0.5, 0.6) is 11.5 Å². The summed E-state index contributed by atoms with van der Waals surface area (Å²) < 4.78 is 10.3. The van der Waals surface area contributed by atoms with Gasteiger partial charge in [0, 0.05) is 18.2 Å². The Morgan fingerprint density at radius 1 is 1.50 bits per heavy atom. The van der Waals surface area contributed by atoms with E-state index in [1.165, 1.54) is 7.11 Å². The van der Waals surface area contributed by atoms with Crippen molar-refractivity contribution in [1.82, 2.24) is 4.90 Å². The lowest BCUT2D eigenvalue weighted by molar-refractivity contribution is -0.143. The van der Waals surface area contributed by atoms with E-state index in [2.05, 4.69) is 0 Å². The van der Waals surface area contributed by atoms with Gasteiger partial charge in [0.1, 0.15) is 0 Å². The Morgan fingerprint density at radius 3 is 2.90 bits per heavy atom. The Bertz CT molecular complexity index is 490. The zero-order chi connectivity index (χ0) is 14.7. The maximum Gasteiger partial charge on any atom is 0.310 e. The number of carbonyl (C=O) groups is 1. The minimum atomic E-state index is -0.853. The average Bonchev–Trinajstić information content (AvgIpc) is 2.90. The average molecular weight is 281 g/mol. The predicted octanol–water partition coefficient (Wildman–Crippen LogP) is 0.932. The number of para-hydroxylation sites is 1. The fourth-order valence-corrected chi connectivity index (χ4v) is 2.46. The highest BCUT2D eigenvalue weighted by atomic mass is 16.5. The van der Waals surface area contributed by atoms with E-state index >= 15 is 0 Å². The van der Waals surface area contributed by atoms with Crippen molar-refractivity contribution in [3.8, 4) is 11.5 Å². The molecule has 6 heteroatoms. The van der Waals surface area contributed by atoms with Gasteiger partial charge in [0.2, 0.25) is 0 Å². The number of hydrogen-bond donors (Lipinski definition) is 2. The lowest BCUT2D eigenvalue weighted by Crippen LogP contribution is -2.40. The molecular formula is C14H19NO5. The van der Waals surface area contributed by atoms with E-state index in [4.69, 9.17) is 14.6 Å². The molecule has 1 aromatic carbocycles. The molecule has 0 bridgehead atoms. The minimum absolute atomic E-state index is 0.0904. The number of phenols is 1. The topological polar surface area (TPSA) is 79.2 Å². The molecule has 0 aromatic heterocycles. The number of ether oxygens (including phenoxy) is 2. The molecule has 1 fully saturated rings. The van der Waals surface area contributed by atoms with Gasteiger partial charge in [0.15, 0.2) is 11.5 Å². The second-order valence-electron chi connectivity index (χ2n) is 4.93. The van der Waals surface area contributed by atoms with Crippen LogP contribution < -0.4 is 4.74 Å². The lowest BCUT2D eigenvalue weighted by atomic mass is 10.0. The summed E-state index contributed by atoms with van der Waals surface area (Å²) in [6, 6.07) is 5.07. The van der Waals surface area contributed by atoms with Crippen LogP contribution in [0.4, 0.5) is 0 Å². The van der Waals surface area contributed by atoms with Crippen LogP contribution in [0.25, 0.3) is 0 Å². The van der Waals surface area contributed by atoms with Crippen molar-refractivity contribution in [3.63, 3.8) is 0 Å². The summed E-state index contributed by atoms with van der Waals surface area (Å²) in [7, 11) is 3.32. The Hall–Kier alpha value is -1.79. The normalized spacial score (nSPS) is 22.1. The summed E-state index contributed by atoms with van der Waals surface area (Å²) >= 11 is 0. The van der Waals surface area contributed by atoms with Crippen molar-refractivity contribution in [2.45, 2.75) is 12.6 Å². The van der Waals surface area contributed by atoms with Crippen molar-refractivity contribution in [2.24, 2.45) is 5.92 Å². The van der Waals surface area contributed by atoms with Crippen LogP contribution >= 0.6 is 0 Å². The first-order valence-electron chi connectivity index (χ1n) is 6.40. The molecule has 1 saturated heterocycles. The summed E-state index contributed by atoms with van der Waals surface area (Å²) in [4.78, 5) is 13.0. The third-order valence-corrected chi connectivity index (χ3v) is 3.66. The van der Waals surface area contributed by atoms with Crippen LogP contribution in [0, 0.1) is 5.92 Å². The summed E-state index contributed by atoms with van der Waals surface area (Å²) in [6.07, 6.45) is 0. The number of carboxylic acid groups (broad SMARTS) is 1. The van der Waals surface area contributed by atoms with Crippen LogP contribution in [0.1, 0.15) is 5.56 Å². The summed E-state index contributed by atoms with van der Waals surface area (Å²) in [5, 5.41) is 19.2. The van der Waals surface area contributed by atoms with Crippen LogP contribution in [-0.4, -0.2) is 54.5 Å². The smallest absolute Gasteiger partial charge is 0.310 e. The van der Waals surface area contributed by atoms with Gasteiger partial charge in [-0.3, -0.25) is 9.69 Å². The van der Waals surface area contributed by atoms with Crippen LogP contribution in [-0.2, 0) is 16.1 Å². The highest BCUT2D eigenvalue weighted by Crippen LogP contribution is 2.31. The Balaban J connectivity index is 2.11. The first-order chi connectivity index (χ1) is 9.54. The van der Waals surface area contributed by atoms with Gasteiger partial charge >= 0.3 is 5.97 Å². The molecule has 1 aliphatic heterocycles. The van der Waals surface area contributed by atoms with Crippen LogP contribution in [0.2, 0.25) is 0 Å². The largest absolute Gasteiger partial charge is 0.504 e. The van der Waals surface area contributed by atoms with Crippen LogP contribution in [0.15, 0.2) is 18.2 Å². The van der Waals surface area contributed by atoms with Crippen molar-refractivity contribution >= 4 is 5.97 Å². The zero-order valence-electron chi connectivity index (χ0n) is 11.6. The second-order valence-corrected chi connectivity index (χ2v) is 4.93. The molecule has 1 aromatic rings. The predicted molar refractivity (Wildman–Crippen MR) is 71.9 cm³/mol. The highest BCUT2D eigenvalue weighted by Gasteiger charge is 2.36. The van der Waals surface area contributed by atoms with Crippen molar-refractivity contribution in [2.75, 3.05) is 27.4 Å². The van der Waals surface area contributed by atoms with E-state index in [0.717, 1.165) is 0 Å². The number of aliphatic carboxylic acids is 1. The molecule has 2 unspecified atom stereocenters. The lowest BCUT2D eigenvalue weighted by Gasteiger charge is -2.26. The number of aromatic hydroxyl groups is 1. The molecule has 2 atom stereocenters. The number of rotatable bonds is 5. The van der Waals surface area contributed by atoms with Gasteiger partial charge in [-0.05, 0) is 13.1 Å². The van der Waals surface area contributed by atoms with E-state index < -0.39 is 11.9 Å². The van der Waals surface area contributed by atoms with Gasteiger partial charge in [-0.25, -0.2) is 0 Å². The molecule has 0 amide bonds. The standard InChI is InChI=1S/C14H19NO5/c1-15(11-8-20-7-10(11)14(17)18)6-9-4-3-5-12(19-2)13(9)16/h3-5,10-11,16H,6-8H2,1-2H3,(H,17,18). The van der Waals surface area contributed by atoms with E-state index in [1.807, 2.05) is 11.9 Å². The molecule has 0 saturated carbocycles. The molecule has 20 heavy (non-hydrogen) atoms. The first-order valence-corrected chi connectivity index (χ1v) is 6.40. The van der Waals surface area contributed by atoms with Gasteiger partial charge in [0.25, 0.3) is 0 Å². The molecule has 2 rings (SSSR count). The summed E-state index contributed by atoms with van der Waals surface area (Å²) in [5.41, 5.74) is 0.697. The molecular weight excluding hydrogens is 262 g/mol. The van der Waals surface area contributed by atoms with Gasteiger partial charge in [-0.15, -0.1) is 0 Å². The van der Waals surface area contributed by atoms with E-state index in [9.17, 15) is 9.90 Å². The molecule has 2 N–H and O–H groups in total. The number of likely N-dealkylation sites (N-methyl/N-ethyl adjacent to an activating group) is 1. The van der Waals surface area contributed by atoms with Gasteiger partial charge < -0.3 is 19.7 Å². The number of carboxylic acids is 1. The van der Waals surface area contributed by atoms with Gasteiger partial charge in [-0.2, -0.15) is 0 Å². The monoisotopic (exact) mass is 281 g/mol. The molecule has 0 aliphatic carbocycles. The van der Waals surface area contributed by atoms with E-state index in [1.54, 1.807) is 18.2 Å². The Labute approximate surface area is 117 Å². The number of nitrogens with zero attached hydrogens (tertiary/aromatic N) is 1. The van der Waals surface area contributed by atoms with E-state index in [0.29, 0.717) is 24.5 Å². The molecule has 1 heterocycles. The Kier molecular flexibility index (Phi) is 4.46. The maximum absolute atomic E-state index is 11.2. The number of hydrogen-bond acceptors (Lipinski definition) is 5. The molecule has 1 aliphatic rings. The first kappa shape index (κ1) is 14.6. The quantitative estimate of drug-likeness (QED) is 0.836. The maximum atomic E-state index is 11.2. The number of methoxy groups -OCH3 is 1.